The number of hydrogen-bond donors (Lipinski definition) is 2. The van der Waals surface area contributed by atoms with E-state index >= 15 is 0 Å². The molecule has 0 atom stereocenters. The van der Waals surface area contributed by atoms with Crippen LogP contribution in [0.4, 0.5) is 5.13 Å². The third kappa shape index (κ3) is 6.56. The van der Waals surface area contributed by atoms with Gasteiger partial charge in [0.1, 0.15) is 0 Å². The molecule has 1 aliphatic rings. The average molecular weight is 600 g/mol. The normalized spacial score (nSPS) is 14.1. The zero-order chi connectivity index (χ0) is 28.0. The molecule has 1 fully saturated rings. The van der Waals surface area contributed by atoms with Gasteiger partial charge >= 0.3 is 0 Å². The molecule has 2 N–H and O–H groups in total. The fourth-order valence-electron chi connectivity index (χ4n) is 3.89. The first-order valence-corrected chi connectivity index (χ1v) is 15.5. The van der Waals surface area contributed by atoms with Crippen LogP contribution in [0.2, 0.25) is 0 Å². The van der Waals surface area contributed by atoms with Gasteiger partial charge in [0.25, 0.3) is 5.91 Å². The second kappa shape index (κ2) is 12.7. The van der Waals surface area contributed by atoms with Crippen molar-refractivity contribution < 1.29 is 22.7 Å². The molecule has 4 aromatic rings. The molecular weight excluding hydrogens is 575 g/mol. The van der Waals surface area contributed by atoms with Gasteiger partial charge in [-0.25, -0.2) is 13.4 Å². The number of amides is 2. The van der Waals surface area contributed by atoms with Crippen LogP contribution in [0.3, 0.4) is 0 Å². The maximum absolute atomic E-state index is 12.9. The van der Waals surface area contributed by atoms with E-state index in [1.807, 2.05) is 30.3 Å². The van der Waals surface area contributed by atoms with Crippen LogP contribution in [-0.2, 0) is 26.1 Å². The van der Waals surface area contributed by atoms with E-state index < -0.39 is 15.9 Å². The number of thioether (sulfide) groups is 1. The molecule has 0 aliphatic carbocycles. The van der Waals surface area contributed by atoms with Crippen LogP contribution in [0, 0.1) is 0 Å². The molecule has 0 saturated carbocycles. The second-order valence-electron chi connectivity index (χ2n) is 8.47. The average Bonchev–Trinajstić information content (AvgIpc) is 3.65. The zero-order valence-corrected chi connectivity index (χ0v) is 23.5. The number of nitrogens with zero attached hydrogens (tertiary/aromatic N) is 5. The van der Waals surface area contributed by atoms with E-state index in [1.54, 1.807) is 16.1 Å². The largest absolute Gasteiger partial charge is 0.379 e. The Bertz CT molecular complexity index is 1550. The van der Waals surface area contributed by atoms with Crippen LogP contribution in [0.5, 0.6) is 0 Å². The lowest BCUT2D eigenvalue weighted by molar-refractivity contribution is -0.113. The molecule has 3 heterocycles. The molecule has 208 valence electrons. The second-order valence-corrected chi connectivity index (χ2v) is 12.2. The van der Waals surface area contributed by atoms with E-state index in [-0.39, 0.29) is 23.1 Å². The summed E-state index contributed by atoms with van der Waals surface area (Å²) in [5.41, 5.74) is 1.08. The van der Waals surface area contributed by atoms with Crippen molar-refractivity contribution in [1.29, 1.82) is 0 Å². The number of aromatic nitrogens is 4. The summed E-state index contributed by atoms with van der Waals surface area (Å²) in [7, 11) is -3.65. The number of ether oxygens (including phenoxy) is 1. The first kappa shape index (κ1) is 27.9. The third-order valence-electron chi connectivity index (χ3n) is 5.86. The SMILES string of the molecule is O=C(CSc1nnc(CNC(=O)c2ccc(S(=O)(=O)N3CCOCC3)cc2)n1-c1ccccc1)Nc1nccs1. The van der Waals surface area contributed by atoms with Crippen molar-refractivity contribution in [3.05, 3.63) is 77.6 Å². The smallest absolute Gasteiger partial charge is 0.251 e. The summed E-state index contributed by atoms with van der Waals surface area (Å²) in [5.74, 6) is -0.0586. The van der Waals surface area contributed by atoms with Gasteiger partial charge < -0.3 is 15.4 Å². The van der Waals surface area contributed by atoms with E-state index in [9.17, 15) is 18.0 Å². The summed E-state index contributed by atoms with van der Waals surface area (Å²) >= 11 is 2.54. The molecule has 1 saturated heterocycles. The summed E-state index contributed by atoms with van der Waals surface area (Å²) in [5, 5.41) is 16.8. The fraction of sp³-hybridized carbons (Fsp3) is 0.240. The van der Waals surface area contributed by atoms with Gasteiger partial charge in [-0.1, -0.05) is 30.0 Å². The standard InChI is InChI=1S/C25H25N7O5S3/c33-22(28-24-26-10-15-38-24)17-39-25-30-29-21(32(25)19-4-2-1-3-5-19)16-27-23(34)18-6-8-20(9-7-18)40(35,36)31-11-13-37-14-12-31/h1-10,15H,11-14,16-17H2,(H,27,34)(H,26,28,33). The molecule has 0 bridgehead atoms. The Morgan fingerprint density at radius 2 is 1.77 bits per heavy atom. The van der Waals surface area contributed by atoms with Crippen LogP contribution < -0.4 is 10.6 Å². The quantitative estimate of drug-likeness (QED) is 0.262. The van der Waals surface area contributed by atoms with Crippen LogP contribution in [-0.4, -0.2) is 76.3 Å². The number of hydrogen-bond acceptors (Lipinski definition) is 10. The predicted molar refractivity (Wildman–Crippen MR) is 150 cm³/mol. The van der Waals surface area contributed by atoms with Crippen molar-refractivity contribution in [2.24, 2.45) is 0 Å². The molecule has 5 rings (SSSR count). The lowest BCUT2D eigenvalue weighted by Gasteiger charge is -2.26. The van der Waals surface area contributed by atoms with Gasteiger partial charge in [0.2, 0.25) is 15.9 Å². The van der Waals surface area contributed by atoms with Crippen LogP contribution in [0.25, 0.3) is 5.69 Å². The van der Waals surface area contributed by atoms with E-state index in [4.69, 9.17) is 4.74 Å². The van der Waals surface area contributed by atoms with E-state index in [2.05, 4.69) is 25.8 Å². The molecule has 1 aliphatic heterocycles. The highest BCUT2D eigenvalue weighted by Crippen LogP contribution is 2.23. The molecule has 12 nitrogen and oxygen atoms in total. The van der Waals surface area contributed by atoms with Crippen LogP contribution in [0.1, 0.15) is 16.2 Å². The fourth-order valence-corrected chi connectivity index (χ4v) is 6.61. The molecule has 40 heavy (non-hydrogen) atoms. The molecule has 15 heteroatoms. The maximum Gasteiger partial charge on any atom is 0.251 e. The van der Waals surface area contributed by atoms with Crippen molar-refractivity contribution >= 4 is 50.1 Å². The third-order valence-corrected chi connectivity index (χ3v) is 9.39. The minimum absolute atomic E-state index is 0.0560. The number of benzene rings is 2. The van der Waals surface area contributed by atoms with Crippen molar-refractivity contribution in [3.63, 3.8) is 0 Å². The summed E-state index contributed by atoms with van der Waals surface area (Å²) in [6.45, 7) is 1.36. The van der Waals surface area contributed by atoms with Gasteiger partial charge in [-0.2, -0.15) is 4.31 Å². The van der Waals surface area contributed by atoms with Gasteiger partial charge in [-0.15, -0.1) is 21.5 Å². The Morgan fingerprint density at radius 1 is 1.02 bits per heavy atom. The Labute approximate surface area is 238 Å². The number of sulfonamides is 1. The van der Waals surface area contributed by atoms with Gasteiger partial charge in [0.05, 0.1) is 30.4 Å². The minimum atomic E-state index is -3.65. The number of nitrogens with one attached hydrogen (secondary N) is 2. The number of anilines is 1. The first-order chi connectivity index (χ1) is 19.4. The zero-order valence-electron chi connectivity index (χ0n) is 21.1. The summed E-state index contributed by atoms with van der Waals surface area (Å²) in [6, 6.07) is 15.2. The van der Waals surface area contributed by atoms with Crippen molar-refractivity contribution in [2.45, 2.75) is 16.6 Å². The molecule has 0 unspecified atom stereocenters. The van der Waals surface area contributed by atoms with Crippen LogP contribution in [0.15, 0.2) is 76.2 Å². The van der Waals surface area contributed by atoms with E-state index in [0.29, 0.717) is 48.0 Å². The Kier molecular flexibility index (Phi) is 8.86. The number of morpholine rings is 1. The molecule has 0 spiro atoms. The molecule has 2 amide bonds. The monoisotopic (exact) mass is 599 g/mol. The Hall–Kier alpha value is -3.63. The van der Waals surface area contributed by atoms with Gasteiger partial charge in [0, 0.05) is 35.9 Å². The summed E-state index contributed by atoms with van der Waals surface area (Å²) < 4.78 is 34.1. The van der Waals surface area contributed by atoms with E-state index in [1.165, 1.54) is 51.7 Å². The van der Waals surface area contributed by atoms with E-state index in [0.717, 1.165) is 5.69 Å². The Morgan fingerprint density at radius 3 is 2.48 bits per heavy atom. The molecule has 0 radical (unpaired) electrons. The molecular formula is C25H25N7O5S3. The molecule has 2 aromatic heterocycles. The molecule has 2 aromatic carbocycles. The number of carbonyl (C=O) groups is 2. The number of para-hydroxylation sites is 1. The number of carbonyl (C=O) groups excluding carboxylic acids is 2. The van der Waals surface area contributed by atoms with Gasteiger partial charge in [-0.3, -0.25) is 14.2 Å². The van der Waals surface area contributed by atoms with Crippen LogP contribution >= 0.6 is 23.1 Å². The Balaban J connectivity index is 1.26. The van der Waals surface area contributed by atoms with Crippen molar-refractivity contribution in [2.75, 3.05) is 37.4 Å². The summed E-state index contributed by atoms with van der Waals surface area (Å²) in [6.07, 6.45) is 1.61. The lowest BCUT2D eigenvalue weighted by Crippen LogP contribution is -2.40. The van der Waals surface area contributed by atoms with Crippen molar-refractivity contribution in [1.82, 2.24) is 29.4 Å². The highest BCUT2D eigenvalue weighted by Gasteiger charge is 2.26. The number of thiazole rings is 1. The predicted octanol–water partition coefficient (Wildman–Crippen LogP) is 2.41. The first-order valence-electron chi connectivity index (χ1n) is 12.2. The highest BCUT2D eigenvalue weighted by atomic mass is 32.2. The van der Waals surface area contributed by atoms with Gasteiger partial charge in [0.15, 0.2) is 16.1 Å². The topological polar surface area (TPSA) is 148 Å². The van der Waals surface area contributed by atoms with Crippen molar-refractivity contribution in [3.8, 4) is 5.69 Å². The lowest BCUT2D eigenvalue weighted by atomic mass is 10.2. The van der Waals surface area contributed by atoms with Gasteiger partial charge in [-0.05, 0) is 36.4 Å². The highest BCUT2D eigenvalue weighted by molar-refractivity contribution is 7.99. The summed E-state index contributed by atoms with van der Waals surface area (Å²) in [4.78, 5) is 29.4. The maximum atomic E-state index is 12.9. The minimum Gasteiger partial charge on any atom is -0.379 e. The number of rotatable bonds is 10.